The largest absolute Gasteiger partial charge is 0.489 e. The summed E-state index contributed by atoms with van der Waals surface area (Å²) in [5.74, 6) is 0.347. The Bertz CT molecular complexity index is 592. The maximum Gasteiger partial charge on any atom is 0.137 e. The first-order valence-corrected chi connectivity index (χ1v) is 6.83. The van der Waals surface area contributed by atoms with Crippen LogP contribution in [-0.2, 0) is 13.2 Å². The lowest BCUT2D eigenvalue weighted by Gasteiger charge is -2.12. The summed E-state index contributed by atoms with van der Waals surface area (Å²) >= 11 is 9.09. The van der Waals surface area contributed by atoms with E-state index in [9.17, 15) is 4.39 Å². The van der Waals surface area contributed by atoms with E-state index in [0.717, 1.165) is 11.1 Å². The van der Waals surface area contributed by atoms with Gasteiger partial charge in [-0.3, -0.25) is 0 Å². The summed E-state index contributed by atoms with van der Waals surface area (Å²) in [4.78, 5) is 0. The Morgan fingerprint density at radius 3 is 2.74 bits per heavy atom. The molecule has 0 fully saturated rings. The van der Waals surface area contributed by atoms with Gasteiger partial charge in [0.25, 0.3) is 0 Å². The quantitative estimate of drug-likeness (QED) is 0.898. The molecule has 2 nitrogen and oxygen atoms in total. The minimum Gasteiger partial charge on any atom is -0.489 e. The molecule has 2 rings (SSSR count). The molecule has 0 saturated carbocycles. The van der Waals surface area contributed by atoms with Crippen LogP contribution in [0.25, 0.3) is 0 Å². The molecule has 0 saturated heterocycles. The molecule has 0 aliphatic heterocycles. The minimum absolute atomic E-state index is 0.257. The smallest absolute Gasteiger partial charge is 0.137 e. The monoisotopic (exact) mass is 343 g/mol. The number of halogens is 3. The fourth-order valence-corrected chi connectivity index (χ4v) is 2.24. The van der Waals surface area contributed by atoms with Crippen molar-refractivity contribution in [2.75, 3.05) is 0 Å². The molecule has 0 spiro atoms. The Balaban J connectivity index is 2.17. The van der Waals surface area contributed by atoms with Crippen LogP contribution in [0.4, 0.5) is 4.39 Å². The van der Waals surface area contributed by atoms with Gasteiger partial charge in [-0.2, -0.15) is 0 Å². The first-order chi connectivity index (χ1) is 9.11. The van der Waals surface area contributed by atoms with Gasteiger partial charge in [-0.1, -0.05) is 23.7 Å². The van der Waals surface area contributed by atoms with E-state index < -0.39 is 0 Å². The van der Waals surface area contributed by atoms with Gasteiger partial charge in [-0.05, 0) is 40.2 Å². The summed E-state index contributed by atoms with van der Waals surface area (Å²) in [6.45, 7) is 0.590. The van der Waals surface area contributed by atoms with Crippen molar-refractivity contribution in [2.24, 2.45) is 5.73 Å². The van der Waals surface area contributed by atoms with Crippen molar-refractivity contribution in [3.8, 4) is 5.75 Å². The number of benzene rings is 2. The molecule has 19 heavy (non-hydrogen) atoms. The SMILES string of the molecule is NCc1cc(Cl)ccc1OCc1cccc(F)c1Br. The third kappa shape index (κ3) is 3.47. The fraction of sp³-hybridized carbons (Fsp3) is 0.143. The number of ether oxygens (including phenoxy) is 1. The van der Waals surface area contributed by atoms with Gasteiger partial charge in [-0.15, -0.1) is 0 Å². The van der Waals surface area contributed by atoms with E-state index in [2.05, 4.69) is 15.9 Å². The van der Waals surface area contributed by atoms with E-state index >= 15 is 0 Å². The van der Waals surface area contributed by atoms with Crippen LogP contribution in [0, 0.1) is 5.82 Å². The molecule has 0 aliphatic rings. The Hall–Kier alpha value is -1.10. The summed E-state index contributed by atoms with van der Waals surface area (Å²) in [6, 6.07) is 10.1. The second-order valence-corrected chi connectivity index (χ2v) is 5.19. The van der Waals surface area contributed by atoms with Crippen molar-refractivity contribution in [3.05, 3.63) is 62.8 Å². The highest BCUT2D eigenvalue weighted by atomic mass is 79.9. The lowest BCUT2D eigenvalue weighted by molar-refractivity contribution is 0.301. The standard InChI is InChI=1S/C14H12BrClFNO/c15-14-9(2-1-3-12(14)17)8-19-13-5-4-11(16)6-10(13)7-18/h1-6H,7-8,18H2. The molecule has 5 heteroatoms. The zero-order chi connectivity index (χ0) is 13.8. The Kier molecular flexibility index (Phi) is 4.80. The third-order valence-corrected chi connectivity index (χ3v) is 3.78. The molecular weight excluding hydrogens is 333 g/mol. The second kappa shape index (κ2) is 6.37. The summed E-state index contributed by atoms with van der Waals surface area (Å²) in [7, 11) is 0. The molecule has 0 aromatic heterocycles. The van der Waals surface area contributed by atoms with Gasteiger partial charge in [-0.25, -0.2) is 4.39 Å². The predicted octanol–water partition coefficient (Wildman–Crippen LogP) is 4.28. The van der Waals surface area contributed by atoms with E-state index in [-0.39, 0.29) is 12.4 Å². The Labute approximate surface area is 124 Å². The maximum absolute atomic E-state index is 13.4. The number of hydrogen-bond acceptors (Lipinski definition) is 2. The molecule has 2 N–H and O–H groups in total. The van der Waals surface area contributed by atoms with E-state index in [1.807, 2.05) is 0 Å². The van der Waals surface area contributed by atoms with E-state index in [4.69, 9.17) is 22.1 Å². The number of nitrogens with two attached hydrogens (primary N) is 1. The number of hydrogen-bond donors (Lipinski definition) is 1. The molecule has 100 valence electrons. The summed E-state index contributed by atoms with van der Waals surface area (Å²) in [5.41, 5.74) is 7.19. The summed E-state index contributed by atoms with van der Waals surface area (Å²) in [6.07, 6.45) is 0. The van der Waals surface area contributed by atoms with Gasteiger partial charge in [0.05, 0.1) is 4.47 Å². The average molecular weight is 345 g/mol. The van der Waals surface area contributed by atoms with E-state index in [1.165, 1.54) is 6.07 Å². The lowest BCUT2D eigenvalue weighted by atomic mass is 10.2. The molecular formula is C14H12BrClFNO. The first-order valence-electron chi connectivity index (χ1n) is 5.66. The molecule has 0 bridgehead atoms. The van der Waals surface area contributed by atoms with E-state index in [1.54, 1.807) is 30.3 Å². The zero-order valence-corrected chi connectivity index (χ0v) is 12.3. The topological polar surface area (TPSA) is 35.2 Å². The van der Waals surface area contributed by atoms with Crippen molar-refractivity contribution in [1.82, 2.24) is 0 Å². The average Bonchev–Trinajstić information content (AvgIpc) is 2.41. The van der Waals surface area contributed by atoms with Gasteiger partial charge in [0.15, 0.2) is 0 Å². The molecule has 0 radical (unpaired) electrons. The molecule has 0 heterocycles. The fourth-order valence-electron chi connectivity index (χ4n) is 1.66. The summed E-state index contributed by atoms with van der Waals surface area (Å²) < 4.78 is 19.4. The minimum atomic E-state index is -0.309. The van der Waals surface area contributed by atoms with Crippen LogP contribution in [0.2, 0.25) is 5.02 Å². The van der Waals surface area contributed by atoms with Crippen LogP contribution in [0.1, 0.15) is 11.1 Å². The van der Waals surface area contributed by atoms with Gasteiger partial charge < -0.3 is 10.5 Å². The van der Waals surface area contributed by atoms with Gasteiger partial charge in [0.2, 0.25) is 0 Å². The molecule has 2 aromatic carbocycles. The molecule has 0 amide bonds. The van der Waals surface area contributed by atoms with Crippen molar-refractivity contribution >= 4 is 27.5 Å². The van der Waals surface area contributed by atoms with Crippen molar-refractivity contribution < 1.29 is 9.13 Å². The van der Waals surface area contributed by atoms with Crippen LogP contribution in [0.3, 0.4) is 0 Å². The molecule has 0 aliphatic carbocycles. The van der Waals surface area contributed by atoms with Crippen molar-refractivity contribution in [3.63, 3.8) is 0 Å². The van der Waals surface area contributed by atoms with Gasteiger partial charge >= 0.3 is 0 Å². The number of rotatable bonds is 4. The van der Waals surface area contributed by atoms with E-state index in [0.29, 0.717) is 21.8 Å². The van der Waals surface area contributed by atoms with Crippen LogP contribution < -0.4 is 10.5 Å². The highest BCUT2D eigenvalue weighted by Gasteiger charge is 2.08. The Morgan fingerprint density at radius 2 is 2.00 bits per heavy atom. The third-order valence-electron chi connectivity index (χ3n) is 2.66. The van der Waals surface area contributed by atoms with Gasteiger partial charge in [0, 0.05) is 22.7 Å². The van der Waals surface area contributed by atoms with Crippen LogP contribution >= 0.6 is 27.5 Å². The lowest BCUT2D eigenvalue weighted by Crippen LogP contribution is -2.03. The van der Waals surface area contributed by atoms with Gasteiger partial charge in [0.1, 0.15) is 18.2 Å². The van der Waals surface area contributed by atoms with Crippen LogP contribution in [0.15, 0.2) is 40.9 Å². The molecule has 0 unspecified atom stereocenters. The van der Waals surface area contributed by atoms with Crippen molar-refractivity contribution in [1.29, 1.82) is 0 Å². The Morgan fingerprint density at radius 1 is 1.21 bits per heavy atom. The van der Waals surface area contributed by atoms with Crippen molar-refractivity contribution in [2.45, 2.75) is 13.2 Å². The maximum atomic E-state index is 13.4. The predicted molar refractivity (Wildman–Crippen MR) is 77.8 cm³/mol. The second-order valence-electron chi connectivity index (χ2n) is 3.96. The molecule has 0 atom stereocenters. The highest BCUT2D eigenvalue weighted by molar-refractivity contribution is 9.10. The first kappa shape index (κ1) is 14.3. The summed E-state index contributed by atoms with van der Waals surface area (Å²) in [5, 5.41) is 0.611. The molecule has 2 aromatic rings. The van der Waals surface area contributed by atoms with Crippen LogP contribution in [0.5, 0.6) is 5.75 Å². The van der Waals surface area contributed by atoms with Crippen LogP contribution in [-0.4, -0.2) is 0 Å². The normalized spacial score (nSPS) is 10.5. The zero-order valence-electron chi connectivity index (χ0n) is 10.00. The highest BCUT2D eigenvalue weighted by Crippen LogP contribution is 2.26.